The van der Waals surface area contributed by atoms with Crippen molar-refractivity contribution in [3.8, 4) is 11.5 Å². The molecule has 162 valence electrons. The van der Waals surface area contributed by atoms with Crippen molar-refractivity contribution in [2.24, 2.45) is 5.14 Å². The van der Waals surface area contributed by atoms with E-state index >= 15 is 0 Å². The third kappa shape index (κ3) is 5.55. The van der Waals surface area contributed by atoms with Crippen LogP contribution in [0.3, 0.4) is 0 Å². The first kappa shape index (κ1) is 22.6. The summed E-state index contributed by atoms with van der Waals surface area (Å²) >= 11 is 6.15. The van der Waals surface area contributed by atoms with Crippen molar-refractivity contribution in [2.45, 2.75) is 18.4 Å². The van der Waals surface area contributed by atoms with E-state index in [0.29, 0.717) is 33.3 Å². The number of methoxy groups -OCH3 is 1. The van der Waals surface area contributed by atoms with Crippen LogP contribution >= 0.6 is 11.6 Å². The highest BCUT2D eigenvalue weighted by Crippen LogP contribution is 2.30. The van der Waals surface area contributed by atoms with Gasteiger partial charge in [0.15, 0.2) is 11.5 Å². The lowest BCUT2D eigenvalue weighted by atomic mass is 10.1. The second-order valence-corrected chi connectivity index (χ2v) is 8.66. The number of carbonyl (C=O) groups excluding carboxylic acids is 1. The molecule has 0 fully saturated rings. The van der Waals surface area contributed by atoms with Gasteiger partial charge in [0.1, 0.15) is 6.61 Å². The molecule has 0 saturated heterocycles. The number of primary sulfonamides is 1. The Morgan fingerprint density at radius 3 is 2.48 bits per heavy atom. The molecule has 7 nitrogen and oxygen atoms in total. The van der Waals surface area contributed by atoms with Crippen molar-refractivity contribution in [3.63, 3.8) is 0 Å². The van der Waals surface area contributed by atoms with E-state index in [1.807, 2.05) is 18.2 Å². The van der Waals surface area contributed by atoms with Gasteiger partial charge in [-0.05, 0) is 48.9 Å². The summed E-state index contributed by atoms with van der Waals surface area (Å²) < 4.78 is 34.5. The van der Waals surface area contributed by atoms with Gasteiger partial charge in [-0.1, -0.05) is 35.9 Å². The molecule has 0 aliphatic heterocycles. The van der Waals surface area contributed by atoms with Crippen LogP contribution in [-0.4, -0.2) is 21.4 Å². The Balaban J connectivity index is 1.77. The van der Waals surface area contributed by atoms with Gasteiger partial charge in [0, 0.05) is 21.8 Å². The van der Waals surface area contributed by atoms with Crippen molar-refractivity contribution in [3.05, 3.63) is 82.4 Å². The van der Waals surface area contributed by atoms with Crippen LogP contribution in [0.4, 0.5) is 5.69 Å². The maximum atomic E-state index is 12.7. The Morgan fingerprint density at radius 1 is 1.06 bits per heavy atom. The van der Waals surface area contributed by atoms with Crippen LogP contribution in [-0.2, 0) is 16.6 Å². The van der Waals surface area contributed by atoms with E-state index in [9.17, 15) is 13.2 Å². The molecule has 0 radical (unpaired) electrons. The first-order chi connectivity index (χ1) is 14.7. The van der Waals surface area contributed by atoms with E-state index < -0.39 is 15.9 Å². The standard InChI is InChI=1S/C22H21ClN2O5S/c1-14-7-9-17(12-21(14)31(24,27)28)25-22(26)15-8-10-19(20(11-15)29-2)30-13-16-5-3-4-6-18(16)23/h3-12H,13H2,1-2H3,(H,25,26)(H2,24,27,28). The maximum Gasteiger partial charge on any atom is 0.255 e. The van der Waals surface area contributed by atoms with Gasteiger partial charge in [0.2, 0.25) is 10.0 Å². The van der Waals surface area contributed by atoms with Crippen LogP contribution in [0.25, 0.3) is 0 Å². The largest absolute Gasteiger partial charge is 0.493 e. The van der Waals surface area contributed by atoms with Gasteiger partial charge in [-0.2, -0.15) is 0 Å². The molecule has 3 N–H and O–H groups in total. The Morgan fingerprint density at radius 2 is 1.81 bits per heavy atom. The Labute approximate surface area is 185 Å². The highest BCUT2D eigenvalue weighted by atomic mass is 35.5. The molecule has 3 rings (SSSR count). The molecule has 0 heterocycles. The van der Waals surface area contributed by atoms with E-state index in [-0.39, 0.29) is 11.5 Å². The Bertz CT molecular complexity index is 1230. The summed E-state index contributed by atoms with van der Waals surface area (Å²) in [5, 5.41) is 8.48. The highest BCUT2D eigenvalue weighted by molar-refractivity contribution is 7.89. The summed E-state index contributed by atoms with van der Waals surface area (Å²) in [6, 6.07) is 16.5. The Hall–Kier alpha value is -3.07. The zero-order valence-electron chi connectivity index (χ0n) is 16.9. The fourth-order valence-corrected chi connectivity index (χ4v) is 3.89. The molecule has 0 spiro atoms. The molecule has 0 unspecified atom stereocenters. The summed E-state index contributed by atoms with van der Waals surface area (Å²) in [6.45, 7) is 1.86. The lowest BCUT2D eigenvalue weighted by Crippen LogP contribution is -2.16. The predicted octanol–water partition coefficient (Wildman–Crippen LogP) is 4.14. The topological polar surface area (TPSA) is 108 Å². The number of anilines is 1. The van der Waals surface area contributed by atoms with E-state index in [1.165, 1.54) is 19.2 Å². The molecule has 31 heavy (non-hydrogen) atoms. The van der Waals surface area contributed by atoms with Crippen molar-refractivity contribution in [1.29, 1.82) is 0 Å². The van der Waals surface area contributed by atoms with Crippen LogP contribution in [0.1, 0.15) is 21.5 Å². The SMILES string of the molecule is COc1cc(C(=O)Nc2ccc(C)c(S(N)(=O)=O)c2)ccc1OCc1ccccc1Cl. The van der Waals surface area contributed by atoms with Crippen molar-refractivity contribution in [1.82, 2.24) is 0 Å². The molecule has 0 aliphatic carbocycles. The number of nitrogens with one attached hydrogen (secondary N) is 1. The monoisotopic (exact) mass is 460 g/mol. The van der Waals surface area contributed by atoms with Gasteiger partial charge < -0.3 is 14.8 Å². The number of carbonyl (C=O) groups is 1. The number of hydrogen-bond acceptors (Lipinski definition) is 5. The number of benzene rings is 3. The van der Waals surface area contributed by atoms with E-state index in [1.54, 1.807) is 37.3 Å². The molecule has 1 amide bonds. The number of rotatable bonds is 7. The Kier molecular flexibility index (Phi) is 6.84. The van der Waals surface area contributed by atoms with Gasteiger partial charge in [0.05, 0.1) is 12.0 Å². The molecular formula is C22H21ClN2O5S. The number of ether oxygens (including phenoxy) is 2. The highest BCUT2D eigenvalue weighted by Gasteiger charge is 2.15. The lowest BCUT2D eigenvalue weighted by Gasteiger charge is -2.13. The minimum Gasteiger partial charge on any atom is -0.493 e. The van der Waals surface area contributed by atoms with Gasteiger partial charge in [-0.25, -0.2) is 13.6 Å². The zero-order valence-corrected chi connectivity index (χ0v) is 18.5. The molecule has 0 aliphatic rings. The molecule has 3 aromatic rings. The normalized spacial score (nSPS) is 11.1. The number of halogens is 1. The van der Waals surface area contributed by atoms with E-state index in [2.05, 4.69) is 5.32 Å². The van der Waals surface area contributed by atoms with Gasteiger partial charge in [-0.15, -0.1) is 0 Å². The van der Waals surface area contributed by atoms with Crippen molar-refractivity contribution >= 4 is 33.2 Å². The summed E-state index contributed by atoms with van der Waals surface area (Å²) in [5.41, 5.74) is 1.91. The average Bonchev–Trinajstić information content (AvgIpc) is 2.73. The van der Waals surface area contributed by atoms with Crippen LogP contribution in [0.5, 0.6) is 11.5 Å². The predicted molar refractivity (Wildman–Crippen MR) is 119 cm³/mol. The van der Waals surface area contributed by atoms with Crippen molar-refractivity contribution < 1.29 is 22.7 Å². The third-order valence-electron chi connectivity index (χ3n) is 4.52. The minimum absolute atomic E-state index is 0.0498. The zero-order chi connectivity index (χ0) is 22.6. The fraction of sp³-hybridized carbons (Fsp3) is 0.136. The average molecular weight is 461 g/mol. The number of hydrogen-bond donors (Lipinski definition) is 2. The van der Waals surface area contributed by atoms with Crippen LogP contribution in [0, 0.1) is 6.92 Å². The first-order valence-corrected chi connectivity index (χ1v) is 11.1. The van der Waals surface area contributed by atoms with Gasteiger partial charge in [0.25, 0.3) is 5.91 Å². The summed E-state index contributed by atoms with van der Waals surface area (Å²) in [4.78, 5) is 12.6. The van der Waals surface area contributed by atoms with E-state index in [0.717, 1.165) is 5.56 Å². The third-order valence-corrected chi connectivity index (χ3v) is 5.94. The van der Waals surface area contributed by atoms with Crippen LogP contribution in [0.2, 0.25) is 5.02 Å². The lowest BCUT2D eigenvalue weighted by molar-refractivity contribution is 0.102. The van der Waals surface area contributed by atoms with Crippen molar-refractivity contribution in [2.75, 3.05) is 12.4 Å². The maximum absolute atomic E-state index is 12.7. The first-order valence-electron chi connectivity index (χ1n) is 9.18. The molecule has 0 aromatic heterocycles. The van der Waals surface area contributed by atoms with Gasteiger partial charge in [-0.3, -0.25) is 4.79 Å². The number of nitrogens with two attached hydrogens (primary N) is 1. The van der Waals surface area contributed by atoms with Crippen LogP contribution < -0.4 is 19.9 Å². The molecule has 0 atom stereocenters. The smallest absolute Gasteiger partial charge is 0.255 e. The molecule has 0 bridgehead atoms. The number of amides is 1. The molecule has 9 heteroatoms. The second kappa shape index (κ2) is 9.38. The molecule has 0 saturated carbocycles. The van der Waals surface area contributed by atoms with Gasteiger partial charge >= 0.3 is 0 Å². The fourth-order valence-electron chi connectivity index (χ4n) is 2.89. The molecular weight excluding hydrogens is 440 g/mol. The number of sulfonamides is 1. The second-order valence-electron chi connectivity index (χ2n) is 6.73. The summed E-state index contributed by atoms with van der Waals surface area (Å²) in [7, 11) is -2.43. The van der Waals surface area contributed by atoms with Crippen LogP contribution in [0.15, 0.2) is 65.6 Å². The summed E-state index contributed by atoms with van der Waals surface area (Å²) in [5.74, 6) is 0.375. The quantitative estimate of drug-likeness (QED) is 0.551. The van der Waals surface area contributed by atoms with E-state index in [4.69, 9.17) is 26.2 Å². The number of aryl methyl sites for hydroxylation is 1. The summed E-state index contributed by atoms with van der Waals surface area (Å²) in [6.07, 6.45) is 0. The minimum atomic E-state index is -3.90. The molecule has 3 aromatic carbocycles.